The van der Waals surface area contributed by atoms with Gasteiger partial charge in [-0.1, -0.05) is 11.6 Å². The van der Waals surface area contributed by atoms with E-state index < -0.39 is 5.91 Å². The molecule has 0 atom stereocenters. The molecule has 0 aliphatic heterocycles. The smallest absolute Gasteiger partial charge is 0.266 e. The monoisotopic (exact) mass is 372 g/mol. The molecule has 0 aliphatic carbocycles. The number of halogens is 1. The first kappa shape index (κ1) is 19.2. The summed E-state index contributed by atoms with van der Waals surface area (Å²) in [4.78, 5) is 12.4. The second kappa shape index (κ2) is 8.79. The Balaban J connectivity index is 2.37. The highest BCUT2D eigenvalue weighted by molar-refractivity contribution is 6.30. The lowest BCUT2D eigenvalue weighted by Crippen LogP contribution is -2.13. The molecule has 0 radical (unpaired) electrons. The van der Waals surface area contributed by atoms with Gasteiger partial charge in [0.1, 0.15) is 11.6 Å². The van der Waals surface area contributed by atoms with Crippen LogP contribution in [0, 0.1) is 11.3 Å². The number of rotatable bonds is 6. The van der Waals surface area contributed by atoms with Gasteiger partial charge >= 0.3 is 0 Å². The van der Waals surface area contributed by atoms with E-state index in [0.717, 1.165) is 0 Å². The molecular weight excluding hydrogens is 356 g/mol. The van der Waals surface area contributed by atoms with Crippen molar-refractivity contribution in [3.05, 3.63) is 52.6 Å². The molecule has 2 aromatic rings. The lowest BCUT2D eigenvalue weighted by atomic mass is 10.1. The summed E-state index contributed by atoms with van der Waals surface area (Å²) in [7, 11) is 4.45. The van der Waals surface area contributed by atoms with Crippen molar-refractivity contribution in [3.8, 4) is 23.3 Å². The summed E-state index contributed by atoms with van der Waals surface area (Å²) in [5.74, 6) is 0.662. The van der Waals surface area contributed by atoms with Gasteiger partial charge in [-0.25, -0.2) is 0 Å². The van der Waals surface area contributed by atoms with Crippen LogP contribution in [0.25, 0.3) is 6.08 Å². The van der Waals surface area contributed by atoms with Crippen molar-refractivity contribution in [1.82, 2.24) is 0 Å². The third-order valence-corrected chi connectivity index (χ3v) is 3.75. The van der Waals surface area contributed by atoms with Crippen LogP contribution in [0.5, 0.6) is 17.2 Å². The van der Waals surface area contributed by atoms with Crippen molar-refractivity contribution in [2.24, 2.45) is 0 Å². The standard InChI is InChI=1S/C19H17ClN2O4/c1-24-16-9-4-12(17(25-2)18(16)26-3)10-13(11-21)19(23)22-15-7-5-14(20)6-8-15/h4-10H,1-3H3,(H,22,23)/b13-10-. The van der Waals surface area contributed by atoms with E-state index in [1.807, 2.05) is 6.07 Å². The lowest BCUT2D eigenvalue weighted by molar-refractivity contribution is -0.112. The lowest BCUT2D eigenvalue weighted by Gasteiger charge is -2.14. The van der Waals surface area contributed by atoms with Crippen molar-refractivity contribution in [1.29, 1.82) is 5.26 Å². The summed E-state index contributed by atoms with van der Waals surface area (Å²) in [6, 6.07) is 11.8. The Hall–Kier alpha value is -3.17. The van der Waals surface area contributed by atoms with Crippen molar-refractivity contribution in [2.45, 2.75) is 0 Å². The molecule has 6 nitrogen and oxygen atoms in total. The Bertz CT molecular complexity index is 870. The van der Waals surface area contributed by atoms with Crippen LogP contribution in [0.1, 0.15) is 5.56 Å². The minimum Gasteiger partial charge on any atom is -0.493 e. The Morgan fingerprint density at radius 3 is 2.23 bits per heavy atom. The number of nitrogens with one attached hydrogen (secondary N) is 1. The van der Waals surface area contributed by atoms with Crippen molar-refractivity contribution in [2.75, 3.05) is 26.6 Å². The zero-order valence-electron chi connectivity index (χ0n) is 14.5. The molecule has 7 heteroatoms. The van der Waals surface area contributed by atoms with E-state index in [0.29, 0.717) is 33.5 Å². The second-order valence-electron chi connectivity index (χ2n) is 5.05. The number of amides is 1. The SMILES string of the molecule is COc1ccc(/C=C(/C#N)C(=O)Nc2ccc(Cl)cc2)c(OC)c1OC. The molecule has 1 amide bonds. The maximum atomic E-state index is 12.4. The number of nitrogens with zero attached hydrogens (tertiary/aromatic N) is 1. The molecule has 0 aromatic heterocycles. The van der Waals surface area contributed by atoms with E-state index in [9.17, 15) is 10.1 Å². The molecule has 0 bridgehead atoms. The maximum absolute atomic E-state index is 12.4. The fraction of sp³-hybridized carbons (Fsp3) is 0.158. The van der Waals surface area contributed by atoms with E-state index in [1.54, 1.807) is 36.4 Å². The highest BCUT2D eigenvalue weighted by atomic mass is 35.5. The van der Waals surface area contributed by atoms with Gasteiger partial charge in [-0.15, -0.1) is 0 Å². The minimum atomic E-state index is -0.549. The van der Waals surface area contributed by atoms with Gasteiger partial charge in [-0.2, -0.15) is 5.26 Å². The van der Waals surface area contributed by atoms with Gasteiger partial charge in [-0.05, 0) is 42.5 Å². The number of carbonyl (C=O) groups is 1. The predicted octanol–water partition coefficient (Wildman–Crippen LogP) is 3.91. The van der Waals surface area contributed by atoms with Crippen molar-refractivity contribution in [3.63, 3.8) is 0 Å². The number of carbonyl (C=O) groups excluding carboxylic acids is 1. The second-order valence-corrected chi connectivity index (χ2v) is 5.49. The third kappa shape index (κ3) is 4.26. The topological polar surface area (TPSA) is 80.6 Å². The van der Waals surface area contributed by atoms with Gasteiger partial charge in [0.2, 0.25) is 5.75 Å². The first-order chi connectivity index (χ1) is 12.5. The zero-order valence-corrected chi connectivity index (χ0v) is 15.3. The number of benzene rings is 2. The highest BCUT2D eigenvalue weighted by Gasteiger charge is 2.17. The molecule has 2 aromatic carbocycles. The number of anilines is 1. The van der Waals surface area contributed by atoms with Crippen LogP contribution in [0.3, 0.4) is 0 Å². The number of hydrogen-bond donors (Lipinski definition) is 1. The molecule has 0 heterocycles. The van der Waals surface area contributed by atoms with Gasteiger partial charge < -0.3 is 19.5 Å². The van der Waals surface area contributed by atoms with E-state index >= 15 is 0 Å². The van der Waals surface area contributed by atoms with Crippen LogP contribution in [0.2, 0.25) is 5.02 Å². The van der Waals surface area contributed by atoms with Crippen LogP contribution < -0.4 is 19.5 Å². The molecule has 134 valence electrons. The summed E-state index contributed by atoms with van der Waals surface area (Å²) >= 11 is 5.82. The van der Waals surface area contributed by atoms with Crippen molar-refractivity contribution >= 4 is 29.3 Å². The molecule has 0 spiro atoms. The minimum absolute atomic E-state index is 0.0922. The largest absolute Gasteiger partial charge is 0.493 e. The predicted molar refractivity (Wildman–Crippen MR) is 99.8 cm³/mol. The van der Waals surface area contributed by atoms with E-state index in [2.05, 4.69) is 5.32 Å². The quantitative estimate of drug-likeness (QED) is 0.614. The number of ether oxygens (including phenoxy) is 3. The number of nitriles is 1. The fourth-order valence-corrected chi connectivity index (χ4v) is 2.40. The average Bonchev–Trinajstić information content (AvgIpc) is 2.66. The zero-order chi connectivity index (χ0) is 19.1. The first-order valence-electron chi connectivity index (χ1n) is 7.51. The molecule has 2 rings (SSSR count). The number of methoxy groups -OCH3 is 3. The van der Waals surface area contributed by atoms with Gasteiger partial charge in [0.25, 0.3) is 5.91 Å². The normalized spacial score (nSPS) is 10.7. The molecule has 0 unspecified atom stereocenters. The average molecular weight is 373 g/mol. The Labute approximate surface area is 156 Å². The molecular formula is C19H17ClN2O4. The molecule has 26 heavy (non-hydrogen) atoms. The fourth-order valence-electron chi connectivity index (χ4n) is 2.27. The summed E-state index contributed by atoms with van der Waals surface area (Å²) in [6.45, 7) is 0. The van der Waals surface area contributed by atoms with Crippen molar-refractivity contribution < 1.29 is 19.0 Å². The van der Waals surface area contributed by atoms with E-state index in [-0.39, 0.29) is 5.57 Å². The molecule has 0 aliphatic rings. The maximum Gasteiger partial charge on any atom is 0.266 e. The van der Waals surface area contributed by atoms with Gasteiger partial charge in [0, 0.05) is 16.3 Å². The number of hydrogen-bond acceptors (Lipinski definition) is 5. The first-order valence-corrected chi connectivity index (χ1v) is 7.89. The molecule has 0 saturated carbocycles. The Kier molecular flexibility index (Phi) is 6.48. The van der Waals surface area contributed by atoms with Gasteiger partial charge in [0.15, 0.2) is 11.5 Å². The van der Waals surface area contributed by atoms with Gasteiger partial charge in [-0.3, -0.25) is 4.79 Å². The molecule has 1 N–H and O–H groups in total. The summed E-state index contributed by atoms with van der Waals surface area (Å²) < 4.78 is 15.9. The summed E-state index contributed by atoms with van der Waals surface area (Å²) in [5, 5.41) is 12.6. The summed E-state index contributed by atoms with van der Waals surface area (Å²) in [5.41, 5.74) is 0.943. The van der Waals surface area contributed by atoms with Crippen LogP contribution >= 0.6 is 11.6 Å². The Morgan fingerprint density at radius 2 is 1.69 bits per heavy atom. The van der Waals surface area contributed by atoms with E-state index in [1.165, 1.54) is 27.4 Å². The van der Waals surface area contributed by atoms with E-state index in [4.69, 9.17) is 25.8 Å². The molecule has 0 fully saturated rings. The highest BCUT2D eigenvalue weighted by Crippen LogP contribution is 2.40. The van der Waals surface area contributed by atoms with Crippen LogP contribution in [0.15, 0.2) is 42.0 Å². The molecule has 0 saturated heterocycles. The van der Waals surface area contributed by atoms with Crippen LogP contribution in [-0.2, 0) is 4.79 Å². The third-order valence-electron chi connectivity index (χ3n) is 3.50. The summed E-state index contributed by atoms with van der Waals surface area (Å²) in [6.07, 6.45) is 1.42. The van der Waals surface area contributed by atoms with Crippen LogP contribution in [-0.4, -0.2) is 27.2 Å². The Morgan fingerprint density at radius 1 is 1.04 bits per heavy atom. The van der Waals surface area contributed by atoms with Crippen LogP contribution in [0.4, 0.5) is 5.69 Å². The van der Waals surface area contributed by atoms with Gasteiger partial charge in [0.05, 0.1) is 21.3 Å².